The van der Waals surface area contributed by atoms with Crippen LogP contribution in [0.3, 0.4) is 0 Å². The number of halogens is 2. The number of phenolic OH excluding ortho intramolecular Hbond substituents is 2. The molecule has 0 saturated carbocycles. The van der Waals surface area contributed by atoms with Crippen LogP contribution in [0.2, 0.25) is 10.0 Å². The first-order valence-electron chi connectivity index (χ1n) is 8.47. The van der Waals surface area contributed by atoms with Gasteiger partial charge in [-0.05, 0) is 19.9 Å². The molecule has 1 saturated heterocycles. The lowest BCUT2D eigenvalue weighted by Crippen LogP contribution is -2.65. The zero-order valence-corrected chi connectivity index (χ0v) is 17.9. The van der Waals surface area contributed by atoms with Crippen molar-refractivity contribution in [2.24, 2.45) is 0 Å². The predicted molar refractivity (Wildman–Crippen MR) is 105 cm³/mol. The SMILES string of the molecule is C[C@@H]1CC(=O)N1[C@@H](C(=O)O)[C@](C)(c1cc(-c2cc(Cl)c(O)c(O)c2Cl)on1)[SH](=O)=O. The lowest BCUT2D eigenvalue weighted by Gasteiger charge is -2.46. The van der Waals surface area contributed by atoms with Gasteiger partial charge in [0.2, 0.25) is 5.91 Å². The first-order chi connectivity index (χ1) is 13.9. The highest BCUT2D eigenvalue weighted by molar-refractivity contribution is 7.73. The van der Waals surface area contributed by atoms with Crippen LogP contribution >= 0.6 is 23.2 Å². The van der Waals surface area contributed by atoms with E-state index in [1.54, 1.807) is 6.92 Å². The van der Waals surface area contributed by atoms with Crippen LogP contribution in [0, 0.1) is 0 Å². The molecule has 2 aromatic rings. The molecule has 1 amide bonds. The Morgan fingerprint density at radius 3 is 2.47 bits per heavy atom. The Hall–Kier alpha value is -2.50. The summed E-state index contributed by atoms with van der Waals surface area (Å²) in [6, 6.07) is 0.0685. The number of carboxylic acid groups (broad SMARTS) is 1. The Morgan fingerprint density at radius 2 is 1.97 bits per heavy atom. The number of thiol groups is 1. The van der Waals surface area contributed by atoms with E-state index in [1.807, 2.05) is 0 Å². The van der Waals surface area contributed by atoms with Gasteiger partial charge < -0.3 is 24.7 Å². The zero-order valence-electron chi connectivity index (χ0n) is 15.5. The fourth-order valence-corrected chi connectivity index (χ4v) is 4.54. The summed E-state index contributed by atoms with van der Waals surface area (Å²) >= 11 is 11.8. The fraction of sp³-hybridized carbons (Fsp3) is 0.353. The molecular weight excluding hydrogens is 463 g/mol. The van der Waals surface area contributed by atoms with Crippen molar-refractivity contribution in [1.82, 2.24) is 10.1 Å². The average molecular weight is 479 g/mol. The molecule has 0 unspecified atom stereocenters. The van der Waals surface area contributed by atoms with Crippen molar-refractivity contribution in [3.05, 3.63) is 27.9 Å². The maximum Gasteiger partial charge on any atom is 0.328 e. The van der Waals surface area contributed by atoms with Crippen molar-refractivity contribution in [3.63, 3.8) is 0 Å². The van der Waals surface area contributed by atoms with Crippen LogP contribution in [0.5, 0.6) is 11.5 Å². The van der Waals surface area contributed by atoms with Gasteiger partial charge in [-0.15, -0.1) is 0 Å². The Balaban J connectivity index is 2.15. The largest absolute Gasteiger partial charge is 0.503 e. The van der Waals surface area contributed by atoms with Gasteiger partial charge in [0.1, 0.15) is 10.4 Å². The molecule has 1 fully saturated rings. The van der Waals surface area contributed by atoms with Crippen LogP contribution in [0.15, 0.2) is 16.7 Å². The van der Waals surface area contributed by atoms with Gasteiger partial charge >= 0.3 is 5.97 Å². The van der Waals surface area contributed by atoms with E-state index in [2.05, 4.69) is 5.16 Å². The summed E-state index contributed by atoms with van der Waals surface area (Å²) in [6.07, 6.45) is 0.0977. The quantitative estimate of drug-likeness (QED) is 0.276. The Morgan fingerprint density at radius 1 is 1.33 bits per heavy atom. The van der Waals surface area contributed by atoms with Crippen molar-refractivity contribution in [3.8, 4) is 22.8 Å². The van der Waals surface area contributed by atoms with E-state index in [4.69, 9.17) is 27.7 Å². The number of carbonyl (C=O) groups is 2. The summed E-state index contributed by atoms with van der Waals surface area (Å²) < 4.78 is 27.5. The van der Waals surface area contributed by atoms with E-state index in [-0.39, 0.29) is 33.5 Å². The van der Waals surface area contributed by atoms with Gasteiger partial charge in [-0.25, -0.2) is 13.2 Å². The number of aromatic nitrogens is 1. The van der Waals surface area contributed by atoms with Gasteiger partial charge in [-0.2, -0.15) is 0 Å². The minimum Gasteiger partial charge on any atom is -0.503 e. The van der Waals surface area contributed by atoms with Crippen molar-refractivity contribution in [2.75, 3.05) is 0 Å². The third-order valence-electron chi connectivity index (χ3n) is 5.12. The zero-order chi connectivity index (χ0) is 22.5. The summed E-state index contributed by atoms with van der Waals surface area (Å²) in [5.74, 6) is -3.54. The molecule has 10 nitrogen and oxygen atoms in total. The molecule has 0 radical (unpaired) electrons. The highest BCUT2D eigenvalue weighted by atomic mass is 35.5. The third-order valence-corrected chi connectivity index (χ3v) is 7.02. The number of phenols is 2. The Kier molecular flexibility index (Phi) is 5.65. The monoisotopic (exact) mass is 478 g/mol. The van der Waals surface area contributed by atoms with E-state index < -0.39 is 50.9 Å². The van der Waals surface area contributed by atoms with Crippen LogP contribution in [0.1, 0.15) is 26.0 Å². The molecule has 1 aromatic heterocycles. The Bertz CT molecular complexity index is 1120. The number of amides is 1. The number of β-lactam (4-membered cyclic amide) rings is 1. The molecule has 0 spiro atoms. The number of benzene rings is 1. The third kappa shape index (κ3) is 3.26. The standard InChI is InChI=1S/C17H16Cl2N2O8S/c1-6-3-11(22)21(6)15(16(25)26)17(2,30(27)28)10-5-9(29-20-10)7-4-8(18)13(23)14(24)12(7)19/h4-6,15,23-24,30H,3H2,1-2H3,(H,25,26)/t6-,15+,17+/m1/s1. The van der Waals surface area contributed by atoms with Crippen LogP contribution in [-0.2, 0) is 25.0 Å². The number of carboxylic acids is 1. The lowest BCUT2D eigenvalue weighted by atomic mass is 9.89. The van der Waals surface area contributed by atoms with Gasteiger partial charge in [-0.1, -0.05) is 28.4 Å². The number of aromatic hydroxyl groups is 2. The van der Waals surface area contributed by atoms with E-state index in [0.717, 1.165) is 24.0 Å². The van der Waals surface area contributed by atoms with Crippen molar-refractivity contribution in [1.29, 1.82) is 0 Å². The molecule has 1 aliphatic heterocycles. The molecule has 3 N–H and O–H groups in total. The smallest absolute Gasteiger partial charge is 0.328 e. The number of rotatable bonds is 6. The number of likely N-dealkylation sites (tertiary alicyclic amines) is 1. The second kappa shape index (κ2) is 7.64. The number of hydrogen-bond donors (Lipinski definition) is 4. The number of aliphatic carboxylic acids is 1. The molecule has 0 aliphatic carbocycles. The topological polar surface area (TPSA) is 158 Å². The van der Waals surface area contributed by atoms with E-state index in [9.17, 15) is 33.3 Å². The van der Waals surface area contributed by atoms with Crippen LogP contribution in [0.4, 0.5) is 0 Å². The van der Waals surface area contributed by atoms with Crippen molar-refractivity contribution in [2.45, 2.75) is 37.1 Å². The summed E-state index contributed by atoms with van der Waals surface area (Å²) in [5, 5.41) is 32.4. The first-order valence-corrected chi connectivity index (χ1v) is 10.4. The highest BCUT2D eigenvalue weighted by Gasteiger charge is 2.55. The van der Waals surface area contributed by atoms with E-state index in [0.29, 0.717) is 0 Å². The normalized spacial score (nSPS) is 19.4. The molecule has 30 heavy (non-hydrogen) atoms. The van der Waals surface area contributed by atoms with Crippen LogP contribution < -0.4 is 0 Å². The second-order valence-corrected chi connectivity index (χ2v) is 9.22. The molecule has 1 aromatic carbocycles. The molecule has 3 atom stereocenters. The minimum atomic E-state index is -3.46. The van der Waals surface area contributed by atoms with E-state index >= 15 is 0 Å². The van der Waals surface area contributed by atoms with Crippen molar-refractivity contribution < 1.29 is 37.8 Å². The molecule has 13 heteroatoms. The summed E-state index contributed by atoms with van der Waals surface area (Å²) in [6.45, 7) is 2.73. The maximum absolute atomic E-state index is 12.2. The molecular formula is C17H16Cl2N2O8S. The van der Waals surface area contributed by atoms with Gasteiger partial charge in [0.15, 0.2) is 34.0 Å². The molecule has 1 aliphatic rings. The van der Waals surface area contributed by atoms with E-state index in [1.165, 1.54) is 0 Å². The van der Waals surface area contributed by atoms with Crippen molar-refractivity contribution >= 4 is 45.8 Å². The molecule has 3 rings (SSSR count). The molecule has 162 valence electrons. The summed E-state index contributed by atoms with van der Waals surface area (Å²) in [4.78, 5) is 25.0. The number of nitrogens with zero attached hydrogens (tertiary/aromatic N) is 2. The maximum atomic E-state index is 12.2. The highest BCUT2D eigenvalue weighted by Crippen LogP contribution is 2.46. The first kappa shape index (κ1) is 22.2. The van der Waals surface area contributed by atoms with Crippen LogP contribution in [0.25, 0.3) is 11.3 Å². The predicted octanol–water partition coefficient (Wildman–Crippen LogP) is 1.96. The average Bonchev–Trinajstić information content (AvgIpc) is 3.16. The minimum absolute atomic E-state index is 0.0144. The molecule has 0 bridgehead atoms. The molecule has 2 heterocycles. The van der Waals surface area contributed by atoms with Gasteiger partial charge in [0, 0.05) is 24.1 Å². The van der Waals surface area contributed by atoms with Gasteiger partial charge in [0.05, 0.1) is 10.0 Å². The number of carbonyl (C=O) groups excluding carboxylic acids is 1. The second-order valence-electron chi connectivity index (χ2n) is 6.99. The van der Waals surface area contributed by atoms with Crippen LogP contribution in [-0.4, -0.2) is 57.8 Å². The van der Waals surface area contributed by atoms with Gasteiger partial charge in [-0.3, -0.25) is 4.79 Å². The summed E-state index contributed by atoms with van der Waals surface area (Å²) in [5.41, 5.74) is -0.299. The Labute approximate surface area is 181 Å². The number of hydrogen-bond acceptors (Lipinski definition) is 8. The fourth-order valence-electron chi connectivity index (χ4n) is 3.38. The lowest BCUT2D eigenvalue weighted by molar-refractivity contribution is -0.163. The van der Waals surface area contributed by atoms with Gasteiger partial charge in [0.25, 0.3) is 0 Å². The summed E-state index contributed by atoms with van der Waals surface area (Å²) in [7, 11) is -3.46.